The normalized spacial score (nSPS) is 13.3. The van der Waals surface area contributed by atoms with E-state index in [-0.39, 0.29) is 0 Å². The minimum Gasteiger partial charge on any atom is -0.486 e. The monoisotopic (exact) mass is 293 g/mol. The number of anilines is 1. The van der Waals surface area contributed by atoms with Crippen LogP contribution in [-0.2, 0) is 13.1 Å². The number of benzene rings is 1. The molecule has 0 saturated heterocycles. The molecule has 0 saturated carbocycles. The van der Waals surface area contributed by atoms with E-state index < -0.39 is 0 Å². The maximum absolute atomic E-state index is 6.21. The Morgan fingerprint density at radius 2 is 2.20 bits per heavy atom. The first-order valence-electron chi connectivity index (χ1n) is 6.60. The third-order valence-electron chi connectivity index (χ3n) is 3.11. The van der Waals surface area contributed by atoms with E-state index in [9.17, 15) is 0 Å². The molecule has 0 spiro atoms. The lowest BCUT2D eigenvalue weighted by Gasteiger charge is -2.20. The molecule has 106 valence electrons. The molecule has 5 nitrogen and oxygen atoms in total. The fourth-order valence-electron chi connectivity index (χ4n) is 2.10. The van der Waals surface area contributed by atoms with Crippen molar-refractivity contribution >= 4 is 17.3 Å². The summed E-state index contributed by atoms with van der Waals surface area (Å²) in [6.45, 7) is 4.67. The second-order valence-corrected chi connectivity index (χ2v) is 4.95. The number of hydrogen-bond donors (Lipinski definition) is 1. The summed E-state index contributed by atoms with van der Waals surface area (Å²) in [5.74, 6) is 1.35. The Kier molecular flexibility index (Phi) is 3.69. The topological polar surface area (TPSA) is 48.3 Å². The van der Waals surface area contributed by atoms with Gasteiger partial charge < -0.3 is 14.8 Å². The Morgan fingerprint density at radius 3 is 3.00 bits per heavy atom. The van der Waals surface area contributed by atoms with E-state index in [0.29, 0.717) is 36.3 Å². The van der Waals surface area contributed by atoms with Gasteiger partial charge >= 0.3 is 0 Å². The van der Waals surface area contributed by atoms with Crippen LogP contribution in [0.2, 0.25) is 5.02 Å². The minimum atomic E-state index is 0.542. The number of halogens is 1. The van der Waals surface area contributed by atoms with Gasteiger partial charge in [-0.3, -0.25) is 4.68 Å². The molecular weight excluding hydrogens is 278 g/mol. The van der Waals surface area contributed by atoms with Crippen LogP contribution in [0.4, 0.5) is 5.69 Å². The predicted molar refractivity (Wildman–Crippen MR) is 77.7 cm³/mol. The molecule has 3 rings (SSSR count). The molecule has 0 fully saturated rings. The van der Waals surface area contributed by atoms with Crippen LogP contribution in [0.3, 0.4) is 0 Å². The largest absolute Gasteiger partial charge is 0.486 e. The van der Waals surface area contributed by atoms with Crippen molar-refractivity contribution in [3.05, 3.63) is 35.1 Å². The molecule has 2 aromatic rings. The van der Waals surface area contributed by atoms with E-state index >= 15 is 0 Å². The molecule has 6 heteroatoms. The molecule has 0 unspecified atom stereocenters. The van der Waals surface area contributed by atoms with Gasteiger partial charge in [0.25, 0.3) is 0 Å². The Balaban J connectivity index is 1.72. The standard InChI is InChI=1S/C14H16ClN3O2/c1-2-18-9-11(8-17-18)16-7-10-5-12(15)14-13(6-10)19-3-4-20-14/h5-6,8-9,16H,2-4,7H2,1H3. The highest BCUT2D eigenvalue weighted by atomic mass is 35.5. The second-order valence-electron chi connectivity index (χ2n) is 4.54. The molecule has 1 aromatic heterocycles. The van der Waals surface area contributed by atoms with Crippen LogP contribution in [-0.4, -0.2) is 23.0 Å². The number of aryl methyl sites for hydroxylation is 1. The summed E-state index contributed by atoms with van der Waals surface area (Å²) >= 11 is 6.21. The lowest BCUT2D eigenvalue weighted by Crippen LogP contribution is -2.16. The quantitative estimate of drug-likeness (QED) is 0.941. The third kappa shape index (κ3) is 2.67. The highest BCUT2D eigenvalue weighted by Crippen LogP contribution is 2.38. The summed E-state index contributed by atoms with van der Waals surface area (Å²) < 4.78 is 12.9. The Morgan fingerprint density at radius 1 is 1.35 bits per heavy atom. The zero-order chi connectivity index (χ0) is 13.9. The van der Waals surface area contributed by atoms with E-state index in [1.54, 1.807) is 0 Å². The van der Waals surface area contributed by atoms with Gasteiger partial charge in [0.15, 0.2) is 11.5 Å². The number of aromatic nitrogens is 2. The fraction of sp³-hybridized carbons (Fsp3) is 0.357. The lowest BCUT2D eigenvalue weighted by atomic mass is 10.2. The smallest absolute Gasteiger partial charge is 0.179 e. The van der Waals surface area contributed by atoms with Crippen LogP contribution in [0.1, 0.15) is 12.5 Å². The molecule has 0 amide bonds. The van der Waals surface area contributed by atoms with E-state index in [0.717, 1.165) is 17.8 Å². The van der Waals surface area contributed by atoms with Gasteiger partial charge in [-0.1, -0.05) is 11.6 Å². The van der Waals surface area contributed by atoms with E-state index in [4.69, 9.17) is 21.1 Å². The molecule has 0 aliphatic carbocycles. The Labute approximate surface area is 122 Å². The average Bonchev–Trinajstić information content (AvgIpc) is 2.93. The first kappa shape index (κ1) is 13.1. The highest BCUT2D eigenvalue weighted by Gasteiger charge is 2.16. The number of nitrogens with zero attached hydrogens (tertiary/aromatic N) is 2. The summed E-state index contributed by atoms with van der Waals surface area (Å²) in [6, 6.07) is 3.85. The summed E-state index contributed by atoms with van der Waals surface area (Å²) in [7, 11) is 0. The van der Waals surface area contributed by atoms with Gasteiger partial charge in [-0.05, 0) is 24.6 Å². The predicted octanol–water partition coefficient (Wildman–Crippen LogP) is 2.94. The van der Waals surface area contributed by atoms with Gasteiger partial charge in [-0.2, -0.15) is 5.10 Å². The molecule has 1 aromatic carbocycles. The van der Waals surface area contributed by atoms with Crippen LogP contribution >= 0.6 is 11.6 Å². The van der Waals surface area contributed by atoms with Crippen LogP contribution in [0.15, 0.2) is 24.5 Å². The van der Waals surface area contributed by atoms with Crippen molar-refractivity contribution in [2.75, 3.05) is 18.5 Å². The van der Waals surface area contributed by atoms with Crippen molar-refractivity contribution in [3.63, 3.8) is 0 Å². The molecule has 1 N–H and O–H groups in total. The lowest BCUT2D eigenvalue weighted by molar-refractivity contribution is 0.171. The SMILES string of the molecule is CCn1cc(NCc2cc(Cl)c3c(c2)OCCO3)cn1. The van der Waals surface area contributed by atoms with E-state index in [1.807, 2.05) is 29.2 Å². The van der Waals surface area contributed by atoms with Gasteiger partial charge in [0.2, 0.25) is 0 Å². The Hall–Kier alpha value is -1.88. The van der Waals surface area contributed by atoms with Gasteiger partial charge in [0, 0.05) is 19.3 Å². The van der Waals surface area contributed by atoms with Crippen molar-refractivity contribution < 1.29 is 9.47 Å². The van der Waals surface area contributed by atoms with Gasteiger partial charge in [-0.25, -0.2) is 0 Å². The number of hydrogen-bond acceptors (Lipinski definition) is 4. The van der Waals surface area contributed by atoms with Crippen LogP contribution < -0.4 is 14.8 Å². The molecule has 0 bridgehead atoms. The summed E-state index contributed by atoms with van der Waals surface area (Å²) in [6.07, 6.45) is 3.78. The van der Waals surface area contributed by atoms with Crippen molar-refractivity contribution in [2.24, 2.45) is 0 Å². The summed E-state index contributed by atoms with van der Waals surface area (Å²) in [5, 5.41) is 8.12. The summed E-state index contributed by atoms with van der Waals surface area (Å²) in [4.78, 5) is 0. The molecule has 0 radical (unpaired) electrons. The zero-order valence-electron chi connectivity index (χ0n) is 11.2. The number of fused-ring (bicyclic) bond motifs is 1. The van der Waals surface area contributed by atoms with Crippen LogP contribution in [0.25, 0.3) is 0 Å². The molecule has 1 aliphatic heterocycles. The maximum Gasteiger partial charge on any atom is 0.179 e. The molecule has 0 atom stereocenters. The number of ether oxygens (including phenoxy) is 2. The maximum atomic E-state index is 6.21. The number of rotatable bonds is 4. The van der Waals surface area contributed by atoms with Crippen molar-refractivity contribution in [3.8, 4) is 11.5 Å². The van der Waals surface area contributed by atoms with Crippen molar-refractivity contribution in [1.29, 1.82) is 0 Å². The zero-order valence-corrected chi connectivity index (χ0v) is 12.0. The van der Waals surface area contributed by atoms with E-state index in [2.05, 4.69) is 17.3 Å². The number of nitrogens with one attached hydrogen (secondary N) is 1. The summed E-state index contributed by atoms with van der Waals surface area (Å²) in [5.41, 5.74) is 2.03. The second kappa shape index (κ2) is 5.63. The van der Waals surface area contributed by atoms with E-state index in [1.165, 1.54) is 0 Å². The first-order valence-corrected chi connectivity index (χ1v) is 6.98. The van der Waals surface area contributed by atoms with Crippen molar-refractivity contribution in [2.45, 2.75) is 20.0 Å². The molecule has 20 heavy (non-hydrogen) atoms. The first-order chi connectivity index (χ1) is 9.76. The third-order valence-corrected chi connectivity index (χ3v) is 3.39. The Bertz CT molecular complexity index is 612. The average molecular weight is 294 g/mol. The minimum absolute atomic E-state index is 0.542. The molecule has 1 aliphatic rings. The van der Waals surface area contributed by atoms with Gasteiger partial charge in [-0.15, -0.1) is 0 Å². The van der Waals surface area contributed by atoms with Gasteiger partial charge in [0.05, 0.1) is 16.9 Å². The molecule has 2 heterocycles. The van der Waals surface area contributed by atoms with Crippen LogP contribution in [0, 0.1) is 0 Å². The fourth-order valence-corrected chi connectivity index (χ4v) is 2.39. The van der Waals surface area contributed by atoms with Crippen LogP contribution in [0.5, 0.6) is 11.5 Å². The van der Waals surface area contributed by atoms with Crippen molar-refractivity contribution in [1.82, 2.24) is 9.78 Å². The highest BCUT2D eigenvalue weighted by molar-refractivity contribution is 6.32. The van der Waals surface area contributed by atoms with Gasteiger partial charge in [0.1, 0.15) is 13.2 Å². The molecular formula is C14H16ClN3O2.